The Balaban J connectivity index is 2.31. The number of aromatic amines is 1. The van der Waals surface area contributed by atoms with Crippen molar-refractivity contribution in [3.63, 3.8) is 0 Å². The first-order valence-corrected chi connectivity index (χ1v) is 6.11. The number of hydrogen-bond acceptors (Lipinski definition) is 4. The Bertz CT molecular complexity index is 722. The minimum absolute atomic E-state index is 0.0753. The van der Waals surface area contributed by atoms with Crippen LogP contribution in [-0.4, -0.2) is 22.4 Å². The zero-order valence-electron chi connectivity index (χ0n) is 10.9. The van der Waals surface area contributed by atoms with Crippen molar-refractivity contribution in [2.45, 2.75) is 13.3 Å². The molecule has 1 N–H and O–H groups in total. The third kappa shape index (κ3) is 2.78. The molecular weight excluding hydrogens is 258 g/mol. The van der Waals surface area contributed by atoms with Gasteiger partial charge >= 0.3 is 5.97 Å². The molecule has 0 radical (unpaired) electrons. The van der Waals surface area contributed by atoms with E-state index in [0.29, 0.717) is 16.8 Å². The Hall–Kier alpha value is -2.81. The maximum atomic E-state index is 12.1. The number of nitrogens with one attached hydrogen (secondary N) is 1. The summed E-state index contributed by atoms with van der Waals surface area (Å²) in [4.78, 5) is 23.5. The van der Waals surface area contributed by atoms with Crippen molar-refractivity contribution < 1.29 is 9.53 Å². The fourth-order valence-corrected chi connectivity index (χ4v) is 1.81. The Morgan fingerprint density at radius 1 is 1.50 bits per heavy atom. The van der Waals surface area contributed by atoms with Crippen LogP contribution in [0.3, 0.4) is 0 Å². The number of rotatable bonds is 4. The Morgan fingerprint density at radius 2 is 2.30 bits per heavy atom. The van der Waals surface area contributed by atoms with Gasteiger partial charge in [0.1, 0.15) is 0 Å². The highest BCUT2D eigenvalue weighted by Gasteiger charge is 2.12. The van der Waals surface area contributed by atoms with E-state index < -0.39 is 5.97 Å². The number of esters is 1. The number of nitriles is 1. The molecule has 0 unspecified atom stereocenters. The van der Waals surface area contributed by atoms with E-state index in [0.717, 1.165) is 0 Å². The van der Waals surface area contributed by atoms with E-state index in [9.17, 15) is 9.59 Å². The summed E-state index contributed by atoms with van der Waals surface area (Å²) < 4.78 is 6.10. The molecular formula is C14H13N3O3. The third-order valence-corrected chi connectivity index (χ3v) is 2.72. The summed E-state index contributed by atoms with van der Waals surface area (Å²) in [6.45, 7) is 1.99. The molecule has 20 heavy (non-hydrogen) atoms. The minimum atomic E-state index is -0.443. The van der Waals surface area contributed by atoms with Crippen molar-refractivity contribution >= 4 is 5.97 Å². The van der Waals surface area contributed by atoms with Gasteiger partial charge in [0, 0.05) is 11.8 Å². The van der Waals surface area contributed by atoms with Gasteiger partial charge in [0.05, 0.1) is 30.3 Å². The highest BCUT2D eigenvalue weighted by atomic mass is 16.5. The average molecular weight is 271 g/mol. The van der Waals surface area contributed by atoms with Crippen molar-refractivity contribution in [2.24, 2.45) is 0 Å². The van der Waals surface area contributed by atoms with Crippen molar-refractivity contribution in [1.82, 2.24) is 9.78 Å². The van der Waals surface area contributed by atoms with Crippen LogP contribution in [0.2, 0.25) is 0 Å². The molecule has 0 aliphatic rings. The number of ether oxygens (including phenoxy) is 1. The first-order chi connectivity index (χ1) is 9.65. The van der Waals surface area contributed by atoms with Crippen molar-refractivity contribution in [1.29, 1.82) is 5.26 Å². The second-order valence-corrected chi connectivity index (χ2v) is 4.08. The Kier molecular flexibility index (Phi) is 4.01. The monoisotopic (exact) mass is 271 g/mol. The highest BCUT2D eigenvalue weighted by Crippen LogP contribution is 2.07. The summed E-state index contributed by atoms with van der Waals surface area (Å²) in [5.74, 6) is -0.443. The Morgan fingerprint density at radius 3 is 3.00 bits per heavy atom. The van der Waals surface area contributed by atoms with Crippen molar-refractivity contribution in [2.75, 3.05) is 6.61 Å². The van der Waals surface area contributed by atoms with Gasteiger partial charge in [0.25, 0.3) is 5.56 Å². The summed E-state index contributed by atoms with van der Waals surface area (Å²) in [5.41, 5.74) is 0.999. The lowest BCUT2D eigenvalue weighted by Crippen LogP contribution is -2.20. The zero-order valence-corrected chi connectivity index (χ0v) is 10.9. The van der Waals surface area contributed by atoms with E-state index >= 15 is 0 Å². The zero-order chi connectivity index (χ0) is 14.5. The number of nitrogens with zero attached hydrogens (tertiary/aromatic N) is 2. The maximum absolute atomic E-state index is 12.1. The van der Waals surface area contributed by atoms with E-state index in [-0.39, 0.29) is 18.6 Å². The normalized spacial score (nSPS) is 10.0. The van der Waals surface area contributed by atoms with E-state index in [2.05, 4.69) is 5.10 Å². The Labute approximate surface area is 115 Å². The van der Waals surface area contributed by atoms with Gasteiger partial charge in [-0.1, -0.05) is 6.07 Å². The van der Waals surface area contributed by atoms with Crippen LogP contribution in [0.4, 0.5) is 0 Å². The van der Waals surface area contributed by atoms with Gasteiger partial charge in [-0.2, -0.15) is 5.26 Å². The molecule has 6 heteroatoms. The highest BCUT2D eigenvalue weighted by molar-refractivity contribution is 5.72. The number of carbonyl (C=O) groups excluding carboxylic acids is 1. The van der Waals surface area contributed by atoms with Crippen LogP contribution in [0.15, 0.2) is 35.3 Å². The predicted octanol–water partition coefficient (Wildman–Crippen LogP) is 1.14. The topological polar surface area (TPSA) is 87.9 Å². The summed E-state index contributed by atoms with van der Waals surface area (Å²) in [5, 5.41) is 11.6. The van der Waals surface area contributed by atoms with E-state index in [1.807, 2.05) is 6.07 Å². The van der Waals surface area contributed by atoms with Gasteiger partial charge < -0.3 is 4.74 Å². The van der Waals surface area contributed by atoms with Crippen LogP contribution in [0, 0.1) is 11.3 Å². The fourth-order valence-electron chi connectivity index (χ4n) is 1.81. The van der Waals surface area contributed by atoms with Gasteiger partial charge in [-0.3, -0.25) is 14.7 Å². The van der Waals surface area contributed by atoms with Crippen molar-refractivity contribution in [3.05, 3.63) is 51.9 Å². The first-order valence-electron chi connectivity index (χ1n) is 6.11. The number of aromatic nitrogens is 2. The van der Waals surface area contributed by atoms with Crippen LogP contribution >= 0.6 is 0 Å². The number of hydrogen-bond donors (Lipinski definition) is 1. The largest absolute Gasteiger partial charge is 0.466 e. The van der Waals surface area contributed by atoms with Crippen LogP contribution in [0.1, 0.15) is 18.1 Å². The summed E-state index contributed by atoms with van der Waals surface area (Å²) >= 11 is 0. The number of benzene rings is 1. The minimum Gasteiger partial charge on any atom is -0.466 e. The lowest BCUT2D eigenvalue weighted by atomic mass is 10.2. The molecule has 0 aliphatic carbocycles. The molecule has 0 bridgehead atoms. The standard InChI is InChI=1S/C14H13N3O3/c1-2-20-13(18)7-11-9-16-17(14(11)19)12-5-3-4-10(6-12)8-15/h3-6,9,16H,2,7H2,1H3. The van der Waals surface area contributed by atoms with Crippen molar-refractivity contribution in [3.8, 4) is 11.8 Å². The lowest BCUT2D eigenvalue weighted by Gasteiger charge is -2.01. The smallest absolute Gasteiger partial charge is 0.310 e. The second kappa shape index (κ2) is 5.89. The summed E-state index contributed by atoms with van der Waals surface area (Å²) in [7, 11) is 0. The van der Waals surface area contributed by atoms with E-state index in [1.54, 1.807) is 31.2 Å². The lowest BCUT2D eigenvalue weighted by molar-refractivity contribution is -0.142. The average Bonchev–Trinajstić information content (AvgIpc) is 2.80. The van der Waals surface area contributed by atoms with E-state index in [1.165, 1.54) is 10.9 Å². The SMILES string of the molecule is CCOC(=O)Cc1c[nH]n(-c2cccc(C#N)c2)c1=O. The van der Waals surface area contributed by atoms with Gasteiger partial charge in [-0.05, 0) is 25.1 Å². The molecule has 1 aromatic heterocycles. The second-order valence-electron chi connectivity index (χ2n) is 4.08. The van der Waals surface area contributed by atoms with Gasteiger partial charge in [-0.25, -0.2) is 4.68 Å². The van der Waals surface area contributed by atoms with Gasteiger partial charge in [0.2, 0.25) is 0 Å². The van der Waals surface area contributed by atoms with Gasteiger partial charge in [0.15, 0.2) is 0 Å². The molecule has 1 aromatic carbocycles. The summed E-state index contributed by atoms with van der Waals surface area (Å²) in [6, 6.07) is 8.64. The first kappa shape index (κ1) is 13.6. The summed E-state index contributed by atoms with van der Waals surface area (Å²) in [6.07, 6.45) is 1.40. The molecule has 0 aliphatic heterocycles. The molecule has 2 rings (SSSR count). The van der Waals surface area contributed by atoms with E-state index in [4.69, 9.17) is 10.00 Å². The molecule has 2 aromatic rings. The molecule has 1 heterocycles. The molecule has 0 fully saturated rings. The number of H-pyrrole nitrogens is 1. The molecule has 6 nitrogen and oxygen atoms in total. The third-order valence-electron chi connectivity index (χ3n) is 2.72. The molecule has 0 atom stereocenters. The molecule has 0 spiro atoms. The molecule has 0 saturated carbocycles. The molecule has 0 saturated heterocycles. The molecule has 0 amide bonds. The maximum Gasteiger partial charge on any atom is 0.310 e. The van der Waals surface area contributed by atoms with Crippen LogP contribution in [0.5, 0.6) is 0 Å². The van der Waals surface area contributed by atoms with Crippen LogP contribution in [0.25, 0.3) is 5.69 Å². The quantitative estimate of drug-likeness (QED) is 0.845. The van der Waals surface area contributed by atoms with Crippen LogP contribution in [-0.2, 0) is 16.0 Å². The fraction of sp³-hybridized carbons (Fsp3) is 0.214. The van der Waals surface area contributed by atoms with Crippen LogP contribution < -0.4 is 5.56 Å². The van der Waals surface area contributed by atoms with Gasteiger partial charge in [-0.15, -0.1) is 0 Å². The predicted molar refractivity (Wildman–Crippen MR) is 71.4 cm³/mol. The molecule has 102 valence electrons. The number of carbonyl (C=O) groups is 1.